The minimum absolute atomic E-state index is 0.153. The molecule has 1 aliphatic carbocycles. The van der Waals surface area contributed by atoms with Crippen LogP contribution < -0.4 is 0 Å². The molecule has 0 N–H and O–H groups in total. The maximum atomic E-state index is 12.7. The van der Waals surface area contributed by atoms with Crippen LogP contribution in [0.1, 0.15) is 60.3 Å². The summed E-state index contributed by atoms with van der Waals surface area (Å²) >= 11 is 0. The molecule has 1 saturated heterocycles. The second-order valence-corrected chi connectivity index (χ2v) is 7.06. The third-order valence-electron chi connectivity index (χ3n) is 5.67. The van der Waals surface area contributed by atoms with Crippen LogP contribution in [0.2, 0.25) is 0 Å². The van der Waals surface area contributed by atoms with Crippen LogP contribution in [-0.2, 0) is 4.79 Å². The van der Waals surface area contributed by atoms with E-state index in [1.165, 1.54) is 12.8 Å². The number of carbonyl (C=O) groups is 1. The van der Waals surface area contributed by atoms with Gasteiger partial charge >= 0.3 is 0 Å². The summed E-state index contributed by atoms with van der Waals surface area (Å²) in [6.45, 7) is 13.0. The van der Waals surface area contributed by atoms with Gasteiger partial charge in [-0.3, -0.25) is 9.69 Å². The molecule has 3 atom stereocenters. The summed E-state index contributed by atoms with van der Waals surface area (Å²) in [6.07, 6.45) is 4.72. The van der Waals surface area contributed by atoms with Crippen molar-refractivity contribution in [2.45, 2.75) is 66.3 Å². The van der Waals surface area contributed by atoms with Gasteiger partial charge in [0.15, 0.2) is 5.78 Å². The highest BCUT2D eigenvalue weighted by Crippen LogP contribution is 2.61. The number of nitrogens with zero attached hydrogens (tertiary/aromatic N) is 1. The fraction of sp³-hybridized carbons (Fsp3) is 0.938. The number of carbonyl (C=O) groups excluding carboxylic acids is 1. The third-order valence-corrected chi connectivity index (χ3v) is 5.67. The standard InChI is InChI=1S/C16H29NO/c1-6-12-9-16(12)10-13(17(8-3)11-16)14(18)15(4,5)7-2/h12-13H,6-11H2,1-5H3/t12?,13-,16-/m0/s1. The molecule has 0 amide bonds. The van der Waals surface area contributed by atoms with Crippen molar-refractivity contribution in [3.8, 4) is 0 Å². The SMILES string of the molecule is CCC1C[C@@]12C[C@@H](C(=O)C(C)(C)CC)N(CC)C2. The number of rotatable bonds is 5. The Labute approximate surface area is 112 Å². The van der Waals surface area contributed by atoms with Gasteiger partial charge in [-0.1, -0.05) is 41.0 Å². The molecule has 2 aliphatic rings. The lowest BCUT2D eigenvalue weighted by Crippen LogP contribution is -2.42. The van der Waals surface area contributed by atoms with Crippen LogP contribution in [0, 0.1) is 16.7 Å². The van der Waals surface area contributed by atoms with Crippen LogP contribution in [0.25, 0.3) is 0 Å². The molecule has 104 valence electrons. The van der Waals surface area contributed by atoms with Crippen molar-refractivity contribution in [2.75, 3.05) is 13.1 Å². The molecule has 18 heavy (non-hydrogen) atoms. The molecule has 2 fully saturated rings. The molecule has 0 bridgehead atoms. The number of Topliss-reactive ketones (excluding diaryl/α,β-unsaturated/α-hetero) is 1. The first-order chi connectivity index (χ1) is 8.40. The zero-order valence-corrected chi connectivity index (χ0v) is 12.8. The molecule has 0 aromatic rings. The molecule has 1 heterocycles. The van der Waals surface area contributed by atoms with Crippen molar-refractivity contribution < 1.29 is 4.79 Å². The van der Waals surface area contributed by atoms with Gasteiger partial charge in [0, 0.05) is 12.0 Å². The van der Waals surface area contributed by atoms with Crippen molar-refractivity contribution >= 4 is 5.78 Å². The van der Waals surface area contributed by atoms with Gasteiger partial charge in [0.1, 0.15) is 0 Å². The van der Waals surface area contributed by atoms with Gasteiger partial charge in [-0.05, 0) is 37.1 Å². The maximum Gasteiger partial charge on any atom is 0.155 e. The first-order valence-corrected chi connectivity index (χ1v) is 7.68. The average molecular weight is 251 g/mol. The predicted octanol–water partition coefficient (Wildman–Crippen LogP) is 3.50. The topological polar surface area (TPSA) is 20.3 Å². The van der Waals surface area contributed by atoms with Crippen LogP contribution in [-0.4, -0.2) is 29.8 Å². The van der Waals surface area contributed by atoms with Gasteiger partial charge in [0.25, 0.3) is 0 Å². The van der Waals surface area contributed by atoms with Crippen LogP contribution >= 0.6 is 0 Å². The fourth-order valence-corrected chi connectivity index (χ4v) is 3.76. The Morgan fingerprint density at radius 2 is 1.94 bits per heavy atom. The Kier molecular flexibility index (Phi) is 3.61. The van der Waals surface area contributed by atoms with Crippen molar-refractivity contribution in [1.29, 1.82) is 0 Å². The van der Waals surface area contributed by atoms with Crippen LogP contribution in [0.4, 0.5) is 0 Å². The van der Waals surface area contributed by atoms with Gasteiger partial charge in [-0.15, -0.1) is 0 Å². The second-order valence-electron chi connectivity index (χ2n) is 7.06. The molecule has 1 saturated carbocycles. The van der Waals surface area contributed by atoms with Crippen LogP contribution in [0.3, 0.4) is 0 Å². The summed E-state index contributed by atoms with van der Waals surface area (Å²) in [5, 5.41) is 0. The molecule has 0 aromatic heterocycles. The highest BCUT2D eigenvalue weighted by molar-refractivity contribution is 5.89. The molecule has 1 spiro atoms. The summed E-state index contributed by atoms with van der Waals surface area (Å²) in [5.41, 5.74) is 0.356. The van der Waals surface area contributed by atoms with Crippen LogP contribution in [0.15, 0.2) is 0 Å². The van der Waals surface area contributed by atoms with E-state index < -0.39 is 0 Å². The zero-order chi connectivity index (χ0) is 13.6. The fourth-order valence-electron chi connectivity index (χ4n) is 3.76. The normalized spacial score (nSPS) is 36.3. The first-order valence-electron chi connectivity index (χ1n) is 7.68. The molecular weight excluding hydrogens is 222 g/mol. The van der Waals surface area contributed by atoms with E-state index in [9.17, 15) is 4.79 Å². The quantitative estimate of drug-likeness (QED) is 0.745. The molecular formula is C16H29NO. The molecule has 2 heteroatoms. The van der Waals surface area contributed by atoms with Gasteiger partial charge in [-0.25, -0.2) is 0 Å². The van der Waals surface area contributed by atoms with E-state index in [1.807, 2.05) is 0 Å². The van der Waals surface area contributed by atoms with Crippen LogP contribution in [0.5, 0.6) is 0 Å². The second kappa shape index (κ2) is 4.63. The van der Waals surface area contributed by atoms with Gasteiger partial charge in [-0.2, -0.15) is 0 Å². The summed E-state index contributed by atoms with van der Waals surface area (Å²) in [4.78, 5) is 15.2. The number of hydrogen-bond acceptors (Lipinski definition) is 2. The lowest BCUT2D eigenvalue weighted by Gasteiger charge is -2.29. The monoisotopic (exact) mass is 251 g/mol. The van der Waals surface area contributed by atoms with E-state index >= 15 is 0 Å². The summed E-state index contributed by atoms with van der Waals surface area (Å²) < 4.78 is 0. The van der Waals surface area contributed by atoms with E-state index in [-0.39, 0.29) is 11.5 Å². The zero-order valence-electron chi connectivity index (χ0n) is 12.8. The molecule has 1 unspecified atom stereocenters. The lowest BCUT2D eigenvalue weighted by molar-refractivity contribution is -0.131. The Hall–Kier alpha value is -0.370. The largest absolute Gasteiger partial charge is 0.297 e. The van der Waals surface area contributed by atoms with Gasteiger partial charge < -0.3 is 0 Å². The van der Waals surface area contributed by atoms with E-state index in [0.717, 1.165) is 31.8 Å². The predicted molar refractivity (Wildman–Crippen MR) is 75.6 cm³/mol. The molecule has 1 aliphatic heterocycles. The Morgan fingerprint density at radius 3 is 2.39 bits per heavy atom. The number of ketones is 1. The highest BCUT2D eigenvalue weighted by Gasteiger charge is 2.60. The molecule has 2 nitrogen and oxygen atoms in total. The van der Waals surface area contributed by atoms with Gasteiger partial charge in [0.2, 0.25) is 0 Å². The van der Waals surface area contributed by atoms with Crippen molar-refractivity contribution in [2.24, 2.45) is 16.7 Å². The van der Waals surface area contributed by atoms with E-state index in [2.05, 4.69) is 39.5 Å². The summed E-state index contributed by atoms with van der Waals surface area (Å²) in [7, 11) is 0. The Balaban J connectivity index is 2.11. The average Bonchev–Trinajstić information content (AvgIpc) is 2.90. The number of likely N-dealkylation sites (tertiary alicyclic amines) is 1. The van der Waals surface area contributed by atoms with Gasteiger partial charge in [0.05, 0.1) is 6.04 Å². The third kappa shape index (κ3) is 2.13. The Morgan fingerprint density at radius 1 is 1.28 bits per heavy atom. The maximum absolute atomic E-state index is 12.7. The van der Waals surface area contributed by atoms with Crippen molar-refractivity contribution in [3.05, 3.63) is 0 Å². The Bertz CT molecular complexity index is 336. The van der Waals surface area contributed by atoms with Crippen molar-refractivity contribution in [3.63, 3.8) is 0 Å². The highest BCUT2D eigenvalue weighted by atomic mass is 16.1. The smallest absolute Gasteiger partial charge is 0.155 e. The lowest BCUT2D eigenvalue weighted by atomic mass is 9.80. The number of likely N-dealkylation sites (N-methyl/N-ethyl adjacent to an activating group) is 1. The molecule has 0 radical (unpaired) electrons. The first kappa shape index (κ1) is 14.0. The van der Waals surface area contributed by atoms with E-state index in [1.54, 1.807) is 0 Å². The number of hydrogen-bond donors (Lipinski definition) is 0. The van der Waals surface area contributed by atoms with E-state index in [0.29, 0.717) is 11.2 Å². The van der Waals surface area contributed by atoms with E-state index in [4.69, 9.17) is 0 Å². The minimum Gasteiger partial charge on any atom is -0.297 e. The summed E-state index contributed by atoms with van der Waals surface area (Å²) in [6, 6.07) is 0.196. The molecule has 2 rings (SSSR count). The molecule has 0 aromatic carbocycles. The summed E-state index contributed by atoms with van der Waals surface area (Å²) in [5.74, 6) is 1.36. The minimum atomic E-state index is -0.153. The van der Waals surface area contributed by atoms with Crippen molar-refractivity contribution in [1.82, 2.24) is 4.90 Å².